The van der Waals surface area contributed by atoms with E-state index in [0.29, 0.717) is 17.1 Å². The van der Waals surface area contributed by atoms with Crippen LogP contribution in [0.1, 0.15) is 28.8 Å². The molecule has 5 heteroatoms. The van der Waals surface area contributed by atoms with Gasteiger partial charge in [0.25, 0.3) is 0 Å². The van der Waals surface area contributed by atoms with Crippen molar-refractivity contribution in [1.82, 2.24) is 4.90 Å². The summed E-state index contributed by atoms with van der Waals surface area (Å²) in [5.41, 5.74) is 2.13. The maximum Gasteiger partial charge on any atom is 0.365 e. The van der Waals surface area contributed by atoms with Crippen LogP contribution in [0.4, 0.5) is 0 Å². The molecule has 3 rings (SSSR count). The van der Waals surface area contributed by atoms with Gasteiger partial charge in [-0.2, -0.15) is 0 Å². The van der Waals surface area contributed by atoms with Crippen molar-refractivity contribution in [3.05, 3.63) is 70.7 Å². The van der Waals surface area contributed by atoms with Gasteiger partial charge >= 0.3 is 5.97 Å². The molecule has 1 fully saturated rings. The standard InChI is InChI=1S/C19H19ClN2O2/c20-17-10-8-15(9-11-17)18(14-22-12-4-5-13-22)21-24-19(23)16-6-2-1-3-7-16/h1-3,6-11H,4-5,12-14H2/b21-18+. The number of carbonyl (C=O) groups is 1. The number of halogens is 1. The second kappa shape index (κ2) is 8.08. The summed E-state index contributed by atoms with van der Waals surface area (Å²) in [7, 11) is 0. The van der Waals surface area contributed by atoms with E-state index in [-0.39, 0.29) is 0 Å². The quantitative estimate of drug-likeness (QED) is 0.468. The molecular weight excluding hydrogens is 324 g/mol. The molecule has 0 spiro atoms. The van der Waals surface area contributed by atoms with E-state index in [1.54, 1.807) is 24.3 Å². The highest BCUT2D eigenvalue weighted by atomic mass is 35.5. The van der Waals surface area contributed by atoms with Crippen molar-refractivity contribution in [2.75, 3.05) is 19.6 Å². The van der Waals surface area contributed by atoms with Crippen LogP contribution in [0.25, 0.3) is 0 Å². The van der Waals surface area contributed by atoms with Crippen LogP contribution in [0.5, 0.6) is 0 Å². The van der Waals surface area contributed by atoms with E-state index in [9.17, 15) is 4.79 Å². The van der Waals surface area contributed by atoms with Gasteiger partial charge in [0, 0.05) is 17.1 Å². The van der Waals surface area contributed by atoms with Crippen molar-refractivity contribution in [3.63, 3.8) is 0 Å². The second-order valence-electron chi connectivity index (χ2n) is 5.77. The summed E-state index contributed by atoms with van der Waals surface area (Å²) in [5, 5.41) is 4.81. The van der Waals surface area contributed by atoms with Crippen molar-refractivity contribution in [2.45, 2.75) is 12.8 Å². The Balaban J connectivity index is 1.77. The lowest BCUT2D eigenvalue weighted by molar-refractivity contribution is 0.0515. The Morgan fingerprint density at radius 3 is 2.33 bits per heavy atom. The molecule has 4 nitrogen and oxygen atoms in total. The van der Waals surface area contributed by atoms with E-state index in [4.69, 9.17) is 16.4 Å². The number of rotatable bonds is 5. The fraction of sp³-hybridized carbons (Fsp3) is 0.263. The van der Waals surface area contributed by atoms with Crippen molar-refractivity contribution in [1.29, 1.82) is 0 Å². The third-order valence-electron chi connectivity index (χ3n) is 4.00. The molecule has 0 saturated carbocycles. The van der Waals surface area contributed by atoms with Gasteiger partial charge in [0.2, 0.25) is 0 Å². The van der Waals surface area contributed by atoms with Gasteiger partial charge < -0.3 is 4.84 Å². The highest BCUT2D eigenvalue weighted by Crippen LogP contribution is 2.14. The maximum atomic E-state index is 12.1. The summed E-state index contributed by atoms with van der Waals surface area (Å²) in [4.78, 5) is 19.6. The zero-order valence-corrected chi connectivity index (χ0v) is 14.1. The Morgan fingerprint density at radius 1 is 1.00 bits per heavy atom. The van der Waals surface area contributed by atoms with Crippen LogP contribution in [-0.2, 0) is 4.84 Å². The first-order valence-electron chi connectivity index (χ1n) is 8.04. The first kappa shape index (κ1) is 16.7. The Bertz CT molecular complexity index is 708. The molecule has 0 atom stereocenters. The number of oxime groups is 1. The van der Waals surface area contributed by atoms with Gasteiger partial charge in [-0.05, 0) is 50.2 Å². The number of hydrogen-bond acceptors (Lipinski definition) is 4. The molecule has 124 valence electrons. The predicted octanol–water partition coefficient (Wildman–Crippen LogP) is 4.00. The van der Waals surface area contributed by atoms with Gasteiger partial charge in [0.05, 0.1) is 5.56 Å². The lowest BCUT2D eigenvalue weighted by Gasteiger charge is -2.16. The van der Waals surface area contributed by atoms with Gasteiger partial charge in [-0.1, -0.05) is 47.1 Å². The minimum atomic E-state index is -0.455. The summed E-state index contributed by atoms with van der Waals surface area (Å²) < 4.78 is 0. The van der Waals surface area contributed by atoms with Crippen LogP contribution in [0, 0.1) is 0 Å². The van der Waals surface area contributed by atoms with E-state index in [0.717, 1.165) is 24.4 Å². The van der Waals surface area contributed by atoms with Gasteiger partial charge in [-0.25, -0.2) is 4.79 Å². The number of hydrogen-bond donors (Lipinski definition) is 0. The van der Waals surface area contributed by atoms with Crippen LogP contribution in [-0.4, -0.2) is 36.2 Å². The average molecular weight is 343 g/mol. The van der Waals surface area contributed by atoms with E-state index in [1.165, 1.54) is 12.8 Å². The average Bonchev–Trinajstić information content (AvgIpc) is 3.13. The van der Waals surface area contributed by atoms with Crippen molar-refractivity contribution >= 4 is 23.3 Å². The van der Waals surface area contributed by atoms with Crippen molar-refractivity contribution in [2.24, 2.45) is 5.16 Å². The zero-order valence-electron chi connectivity index (χ0n) is 13.3. The summed E-state index contributed by atoms with van der Waals surface area (Å²) in [6.45, 7) is 2.74. The van der Waals surface area contributed by atoms with Gasteiger partial charge in [0.1, 0.15) is 5.71 Å². The van der Waals surface area contributed by atoms with Gasteiger partial charge in [-0.15, -0.1) is 0 Å². The minimum absolute atomic E-state index is 0.455. The SMILES string of the molecule is O=C(O/N=C(\CN1CCCC1)c1ccc(Cl)cc1)c1ccccc1. The molecule has 2 aromatic carbocycles. The molecule has 1 heterocycles. The number of carbonyl (C=O) groups excluding carboxylic acids is 1. The molecule has 0 N–H and O–H groups in total. The number of benzene rings is 2. The first-order chi connectivity index (χ1) is 11.7. The largest absolute Gasteiger partial charge is 0.365 e. The molecule has 0 bridgehead atoms. The van der Waals surface area contributed by atoms with E-state index in [1.807, 2.05) is 30.3 Å². The first-order valence-corrected chi connectivity index (χ1v) is 8.42. The van der Waals surface area contributed by atoms with Crippen molar-refractivity contribution < 1.29 is 9.63 Å². The maximum absolute atomic E-state index is 12.1. The monoisotopic (exact) mass is 342 g/mol. The molecule has 0 aliphatic carbocycles. The Morgan fingerprint density at radius 2 is 1.67 bits per heavy atom. The summed E-state index contributed by atoms with van der Waals surface area (Å²) in [5.74, 6) is -0.455. The highest BCUT2D eigenvalue weighted by Gasteiger charge is 2.16. The van der Waals surface area contributed by atoms with E-state index < -0.39 is 5.97 Å². The van der Waals surface area contributed by atoms with Crippen LogP contribution >= 0.6 is 11.6 Å². The molecule has 0 unspecified atom stereocenters. The molecular formula is C19H19ClN2O2. The lowest BCUT2D eigenvalue weighted by atomic mass is 10.1. The van der Waals surface area contributed by atoms with Crippen LogP contribution in [0.2, 0.25) is 5.02 Å². The fourth-order valence-corrected chi connectivity index (χ4v) is 2.82. The molecule has 1 aliphatic heterocycles. The number of likely N-dealkylation sites (tertiary alicyclic amines) is 1. The van der Waals surface area contributed by atoms with Crippen LogP contribution in [0.3, 0.4) is 0 Å². The van der Waals surface area contributed by atoms with Crippen molar-refractivity contribution in [3.8, 4) is 0 Å². The van der Waals surface area contributed by atoms with E-state index in [2.05, 4.69) is 10.1 Å². The Kier molecular flexibility index (Phi) is 5.62. The third kappa shape index (κ3) is 4.43. The molecule has 1 saturated heterocycles. The van der Waals surface area contributed by atoms with Gasteiger partial charge in [-0.3, -0.25) is 4.90 Å². The Hall–Kier alpha value is -2.17. The summed E-state index contributed by atoms with van der Waals surface area (Å²) in [6.07, 6.45) is 2.38. The summed E-state index contributed by atoms with van der Waals surface area (Å²) >= 11 is 5.96. The van der Waals surface area contributed by atoms with Crippen LogP contribution < -0.4 is 0 Å². The number of nitrogens with zero attached hydrogens (tertiary/aromatic N) is 2. The Labute approximate surface area is 146 Å². The molecule has 0 radical (unpaired) electrons. The molecule has 24 heavy (non-hydrogen) atoms. The lowest BCUT2D eigenvalue weighted by Crippen LogP contribution is -2.27. The summed E-state index contributed by atoms with van der Waals surface area (Å²) in [6, 6.07) is 16.3. The topological polar surface area (TPSA) is 41.9 Å². The van der Waals surface area contributed by atoms with Crippen LogP contribution in [0.15, 0.2) is 59.8 Å². The highest BCUT2D eigenvalue weighted by molar-refractivity contribution is 6.30. The second-order valence-corrected chi connectivity index (χ2v) is 6.21. The third-order valence-corrected chi connectivity index (χ3v) is 4.25. The molecule has 1 aliphatic rings. The zero-order chi connectivity index (χ0) is 16.8. The predicted molar refractivity (Wildman–Crippen MR) is 95.5 cm³/mol. The molecule has 0 aromatic heterocycles. The minimum Gasteiger partial charge on any atom is -0.312 e. The van der Waals surface area contributed by atoms with Gasteiger partial charge in [0.15, 0.2) is 0 Å². The normalized spacial score (nSPS) is 15.5. The van der Waals surface area contributed by atoms with E-state index >= 15 is 0 Å². The molecule has 2 aromatic rings. The smallest absolute Gasteiger partial charge is 0.312 e. The molecule has 0 amide bonds. The fourth-order valence-electron chi connectivity index (χ4n) is 2.69.